The van der Waals surface area contributed by atoms with Crippen LogP contribution in [-0.4, -0.2) is 11.2 Å². The van der Waals surface area contributed by atoms with E-state index in [0.717, 1.165) is 25.2 Å². The topological polar surface area (TPSA) is 20.2 Å². The van der Waals surface area contributed by atoms with Gasteiger partial charge in [-0.1, -0.05) is 77.5 Å². The maximum atomic E-state index is 10.2. The van der Waals surface area contributed by atoms with Crippen LogP contribution in [0.5, 0.6) is 0 Å². The minimum Gasteiger partial charge on any atom is -0.393 e. The molecule has 0 bridgehead atoms. The lowest BCUT2D eigenvalue weighted by Crippen LogP contribution is -2.41. The molecule has 4 rings (SSSR count). The summed E-state index contributed by atoms with van der Waals surface area (Å²) in [6, 6.07) is 0. The van der Waals surface area contributed by atoms with Gasteiger partial charge in [0, 0.05) is 5.41 Å². The van der Waals surface area contributed by atoms with E-state index in [1.165, 1.54) is 24.8 Å². The summed E-state index contributed by atoms with van der Waals surface area (Å²) < 4.78 is 0. The van der Waals surface area contributed by atoms with Crippen molar-refractivity contribution in [1.29, 1.82) is 0 Å². The van der Waals surface area contributed by atoms with Crippen LogP contribution >= 0.6 is 0 Å². The van der Waals surface area contributed by atoms with E-state index in [1.807, 2.05) is 0 Å². The molecule has 4 aliphatic rings. The minimum absolute atomic E-state index is 0.143. The summed E-state index contributed by atoms with van der Waals surface area (Å²) in [4.78, 5) is 0. The van der Waals surface area contributed by atoms with Crippen molar-refractivity contribution in [2.75, 3.05) is 0 Å². The third-order valence-electron chi connectivity index (χ3n) is 9.45. The molecule has 1 N–H and O–H groups in total. The second kappa shape index (κ2) is 7.56. The molecule has 4 aliphatic carbocycles. The summed E-state index contributed by atoms with van der Waals surface area (Å²) in [5.74, 6) is 3.50. The first-order chi connectivity index (χ1) is 13.7. The first-order valence-corrected chi connectivity index (χ1v) is 12.2. The van der Waals surface area contributed by atoms with E-state index in [0.29, 0.717) is 29.1 Å². The predicted molar refractivity (Wildman–Crippen MR) is 123 cm³/mol. The van der Waals surface area contributed by atoms with Crippen LogP contribution in [0.15, 0.2) is 47.1 Å². The molecule has 0 radical (unpaired) electrons. The van der Waals surface area contributed by atoms with Gasteiger partial charge in [0.1, 0.15) is 0 Å². The summed E-state index contributed by atoms with van der Waals surface area (Å²) in [6.07, 6.45) is 19.1. The third kappa shape index (κ3) is 3.42. The molecule has 0 aromatic heterocycles. The molecule has 0 aromatic rings. The lowest BCUT2D eigenvalue weighted by atomic mass is 9.54. The van der Waals surface area contributed by atoms with E-state index < -0.39 is 0 Å². The highest BCUT2D eigenvalue weighted by molar-refractivity contribution is 5.53. The standard InChI is InChI=1S/C28H42O/c1-18(2)19(3)7-8-20(4)24-11-12-25-23-10-9-21-17-22(29)13-15-27(21,5)26(23)14-16-28(24,25)6/h7-10,14,18-20,22,24-25,29H,11-13,15-17H2,1-6H3/b8-7+. The second-order valence-electron chi connectivity index (χ2n) is 11.5. The molecule has 0 aromatic carbocycles. The van der Waals surface area contributed by atoms with Gasteiger partial charge in [-0.05, 0) is 84.7 Å². The lowest BCUT2D eigenvalue weighted by molar-refractivity contribution is 0.113. The average Bonchev–Trinajstić information content (AvgIpc) is 3.03. The second-order valence-corrected chi connectivity index (χ2v) is 11.5. The molecule has 2 fully saturated rings. The van der Waals surface area contributed by atoms with Crippen molar-refractivity contribution in [1.82, 2.24) is 0 Å². The largest absolute Gasteiger partial charge is 0.393 e. The Morgan fingerprint density at radius 2 is 1.79 bits per heavy atom. The number of aliphatic hydroxyl groups is 1. The number of hydrogen-bond acceptors (Lipinski definition) is 1. The monoisotopic (exact) mass is 394 g/mol. The van der Waals surface area contributed by atoms with Crippen LogP contribution in [0, 0.1) is 40.4 Å². The van der Waals surface area contributed by atoms with E-state index in [2.05, 4.69) is 71.9 Å². The highest BCUT2D eigenvalue weighted by Gasteiger charge is 2.53. The Kier molecular flexibility index (Phi) is 5.52. The van der Waals surface area contributed by atoms with Crippen molar-refractivity contribution in [2.45, 2.75) is 86.2 Å². The number of aliphatic hydroxyl groups excluding tert-OH is 1. The summed E-state index contributed by atoms with van der Waals surface area (Å²) in [6.45, 7) is 14.5. The smallest absolute Gasteiger partial charge is 0.0578 e. The molecule has 0 spiro atoms. The van der Waals surface area contributed by atoms with Crippen LogP contribution in [0.3, 0.4) is 0 Å². The van der Waals surface area contributed by atoms with E-state index in [-0.39, 0.29) is 11.5 Å². The Balaban J connectivity index is 1.60. The van der Waals surface area contributed by atoms with Crippen LogP contribution < -0.4 is 0 Å². The van der Waals surface area contributed by atoms with Gasteiger partial charge in [-0.15, -0.1) is 0 Å². The van der Waals surface area contributed by atoms with Crippen LogP contribution in [0.4, 0.5) is 0 Å². The molecule has 0 heterocycles. The van der Waals surface area contributed by atoms with Crippen molar-refractivity contribution >= 4 is 0 Å². The molecule has 29 heavy (non-hydrogen) atoms. The average molecular weight is 395 g/mol. The molecule has 0 amide bonds. The zero-order valence-electron chi connectivity index (χ0n) is 19.5. The number of rotatable bonds is 4. The molecule has 160 valence electrons. The zero-order chi connectivity index (χ0) is 21.0. The quantitative estimate of drug-likeness (QED) is 0.498. The molecule has 0 saturated heterocycles. The maximum absolute atomic E-state index is 10.2. The van der Waals surface area contributed by atoms with E-state index >= 15 is 0 Å². The van der Waals surface area contributed by atoms with Gasteiger partial charge in [0.15, 0.2) is 0 Å². The van der Waals surface area contributed by atoms with Crippen LogP contribution in [0.25, 0.3) is 0 Å². The normalized spacial score (nSPS) is 41.2. The molecule has 7 unspecified atom stereocenters. The Morgan fingerprint density at radius 3 is 2.52 bits per heavy atom. The van der Waals surface area contributed by atoms with Gasteiger partial charge in [0.2, 0.25) is 0 Å². The number of allylic oxidation sites excluding steroid dienone is 7. The van der Waals surface area contributed by atoms with Crippen LogP contribution in [0.2, 0.25) is 0 Å². The van der Waals surface area contributed by atoms with Gasteiger partial charge in [0.05, 0.1) is 6.10 Å². The zero-order valence-corrected chi connectivity index (χ0v) is 19.5. The van der Waals surface area contributed by atoms with Crippen LogP contribution in [0.1, 0.15) is 80.1 Å². The third-order valence-corrected chi connectivity index (χ3v) is 9.45. The Labute approximate surface area is 179 Å². The highest BCUT2D eigenvalue weighted by atomic mass is 16.3. The predicted octanol–water partition coefficient (Wildman–Crippen LogP) is 7.25. The van der Waals surface area contributed by atoms with Gasteiger partial charge in [0.25, 0.3) is 0 Å². The molecule has 0 aliphatic heterocycles. The maximum Gasteiger partial charge on any atom is 0.0578 e. The number of hydrogen-bond donors (Lipinski definition) is 1. The summed E-state index contributed by atoms with van der Waals surface area (Å²) in [5.41, 5.74) is 5.26. The van der Waals surface area contributed by atoms with Crippen molar-refractivity contribution in [3.63, 3.8) is 0 Å². The molecule has 1 nitrogen and oxygen atoms in total. The van der Waals surface area contributed by atoms with Gasteiger partial charge >= 0.3 is 0 Å². The van der Waals surface area contributed by atoms with Crippen molar-refractivity contribution < 1.29 is 5.11 Å². The first kappa shape index (κ1) is 21.2. The van der Waals surface area contributed by atoms with E-state index in [9.17, 15) is 5.11 Å². The van der Waals surface area contributed by atoms with Crippen molar-refractivity contribution in [2.24, 2.45) is 40.4 Å². The van der Waals surface area contributed by atoms with Gasteiger partial charge in [-0.2, -0.15) is 0 Å². The van der Waals surface area contributed by atoms with Crippen molar-refractivity contribution in [3.8, 4) is 0 Å². The SMILES string of the molecule is CC(C)C(C)/C=C/C(C)C1CCC2C3=CC=C4CC(O)CCC4(C)C3=CCC21C. The summed E-state index contributed by atoms with van der Waals surface area (Å²) in [7, 11) is 0. The van der Waals surface area contributed by atoms with Gasteiger partial charge in [-0.3, -0.25) is 0 Å². The Hall–Kier alpha value is -1.08. The number of fused-ring (bicyclic) bond motifs is 5. The molecule has 1 heteroatoms. The minimum atomic E-state index is -0.143. The fourth-order valence-corrected chi connectivity index (χ4v) is 6.96. The molecule has 7 atom stereocenters. The van der Waals surface area contributed by atoms with Gasteiger partial charge < -0.3 is 5.11 Å². The Morgan fingerprint density at radius 1 is 1.03 bits per heavy atom. The van der Waals surface area contributed by atoms with Gasteiger partial charge in [-0.25, -0.2) is 0 Å². The lowest BCUT2D eigenvalue weighted by Gasteiger charge is -2.50. The fraction of sp³-hybridized carbons (Fsp3) is 0.714. The van der Waals surface area contributed by atoms with Crippen LogP contribution in [-0.2, 0) is 0 Å². The fourth-order valence-electron chi connectivity index (χ4n) is 6.96. The van der Waals surface area contributed by atoms with E-state index in [1.54, 1.807) is 11.1 Å². The molecular formula is C28H42O. The highest BCUT2D eigenvalue weighted by Crippen LogP contribution is 2.63. The van der Waals surface area contributed by atoms with E-state index in [4.69, 9.17) is 0 Å². The Bertz CT molecular complexity index is 765. The van der Waals surface area contributed by atoms with Crippen molar-refractivity contribution in [3.05, 3.63) is 47.1 Å². The summed E-state index contributed by atoms with van der Waals surface area (Å²) in [5, 5.41) is 10.2. The molecule has 2 saturated carbocycles. The summed E-state index contributed by atoms with van der Waals surface area (Å²) >= 11 is 0. The first-order valence-electron chi connectivity index (χ1n) is 12.2. The molecular weight excluding hydrogens is 352 g/mol.